The van der Waals surface area contributed by atoms with Gasteiger partial charge < -0.3 is 10.2 Å². The first kappa shape index (κ1) is 30.9. The summed E-state index contributed by atoms with van der Waals surface area (Å²) < 4.78 is 29.1. The van der Waals surface area contributed by atoms with E-state index in [0.29, 0.717) is 18.5 Å². The molecule has 0 aliphatic rings. The van der Waals surface area contributed by atoms with Crippen molar-refractivity contribution >= 4 is 27.5 Å². The maximum absolute atomic E-state index is 14.1. The SMILES string of the molecule is CC[C@@H](C)NC(=O)[C@@H](CC)N(CCc1ccccc1)C(=O)CN(c1cc(C)ccc1C)S(=O)(=O)c1ccccc1. The van der Waals surface area contributed by atoms with Gasteiger partial charge in [-0.1, -0.05) is 74.5 Å². The minimum absolute atomic E-state index is 0.0440. The Kier molecular flexibility index (Phi) is 10.9. The van der Waals surface area contributed by atoms with E-state index in [1.54, 1.807) is 29.2 Å². The Morgan fingerprint density at radius 3 is 2.10 bits per heavy atom. The average Bonchev–Trinajstić information content (AvgIpc) is 2.95. The second kappa shape index (κ2) is 14.1. The number of hydrogen-bond donors (Lipinski definition) is 1. The van der Waals surface area contributed by atoms with Crippen LogP contribution in [0, 0.1) is 13.8 Å². The molecule has 2 atom stereocenters. The smallest absolute Gasteiger partial charge is 0.264 e. The Bertz CT molecular complexity index is 1380. The molecule has 0 heterocycles. The van der Waals surface area contributed by atoms with Crippen LogP contribution in [0.2, 0.25) is 0 Å². The highest BCUT2D eigenvalue weighted by molar-refractivity contribution is 7.92. The third kappa shape index (κ3) is 7.72. The highest BCUT2D eigenvalue weighted by atomic mass is 32.2. The molecule has 0 fully saturated rings. The third-order valence-corrected chi connectivity index (χ3v) is 8.89. The summed E-state index contributed by atoms with van der Waals surface area (Å²) in [4.78, 5) is 29.1. The molecule has 0 saturated heterocycles. The van der Waals surface area contributed by atoms with E-state index in [9.17, 15) is 18.0 Å². The first-order valence-electron chi connectivity index (χ1n) is 13.9. The van der Waals surface area contributed by atoms with Crippen LogP contribution in [-0.2, 0) is 26.0 Å². The van der Waals surface area contributed by atoms with Gasteiger partial charge >= 0.3 is 0 Å². The van der Waals surface area contributed by atoms with Crippen LogP contribution in [0.3, 0.4) is 0 Å². The number of aryl methyl sites for hydroxylation is 2. The van der Waals surface area contributed by atoms with E-state index in [0.717, 1.165) is 23.1 Å². The summed E-state index contributed by atoms with van der Waals surface area (Å²) in [6.45, 7) is 9.35. The average molecular weight is 564 g/mol. The number of hydrogen-bond acceptors (Lipinski definition) is 4. The molecule has 0 aromatic heterocycles. The number of rotatable bonds is 13. The molecule has 2 amide bonds. The lowest BCUT2D eigenvalue weighted by Crippen LogP contribution is -2.54. The number of nitrogens with zero attached hydrogens (tertiary/aromatic N) is 2. The van der Waals surface area contributed by atoms with Gasteiger partial charge in [-0.25, -0.2) is 8.42 Å². The van der Waals surface area contributed by atoms with Crippen molar-refractivity contribution in [3.8, 4) is 0 Å². The molecule has 214 valence electrons. The van der Waals surface area contributed by atoms with Crippen molar-refractivity contribution in [3.63, 3.8) is 0 Å². The molecule has 40 heavy (non-hydrogen) atoms. The van der Waals surface area contributed by atoms with Gasteiger partial charge in [0, 0.05) is 12.6 Å². The second-order valence-corrected chi connectivity index (χ2v) is 12.0. The zero-order chi connectivity index (χ0) is 29.3. The number of amides is 2. The summed E-state index contributed by atoms with van der Waals surface area (Å²) in [6, 6.07) is 22.6. The molecule has 7 nitrogen and oxygen atoms in total. The molecule has 0 spiro atoms. The molecule has 0 unspecified atom stereocenters. The van der Waals surface area contributed by atoms with Crippen LogP contribution in [0.25, 0.3) is 0 Å². The van der Waals surface area contributed by atoms with E-state index < -0.39 is 28.5 Å². The number of sulfonamides is 1. The molecular formula is C32H41N3O4S. The Morgan fingerprint density at radius 1 is 0.875 bits per heavy atom. The Hall–Kier alpha value is -3.65. The highest BCUT2D eigenvalue weighted by Gasteiger charge is 2.34. The number of nitrogens with one attached hydrogen (secondary N) is 1. The molecule has 0 saturated carbocycles. The maximum atomic E-state index is 14.1. The fraction of sp³-hybridized carbons (Fsp3) is 0.375. The number of carbonyl (C=O) groups excluding carboxylic acids is 2. The predicted octanol–water partition coefficient (Wildman–Crippen LogP) is 5.26. The number of carbonyl (C=O) groups is 2. The van der Waals surface area contributed by atoms with Crippen LogP contribution >= 0.6 is 0 Å². The van der Waals surface area contributed by atoms with Crippen molar-refractivity contribution in [1.82, 2.24) is 10.2 Å². The van der Waals surface area contributed by atoms with Gasteiger partial charge in [0.2, 0.25) is 11.8 Å². The van der Waals surface area contributed by atoms with Gasteiger partial charge in [-0.3, -0.25) is 13.9 Å². The second-order valence-electron chi connectivity index (χ2n) is 10.2. The van der Waals surface area contributed by atoms with Crippen LogP contribution < -0.4 is 9.62 Å². The van der Waals surface area contributed by atoms with Crippen LogP contribution in [-0.4, -0.2) is 50.3 Å². The van der Waals surface area contributed by atoms with E-state index in [2.05, 4.69) is 5.32 Å². The first-order valence-corrected chi connectivity index (χ1v) is 15.3. The normalized spacial score (nSPS) is 12.8. The van der Waals surface area contributed by atoms with Gasteiger partial charge in [-0.15, -0.1) is 0 Å². The summed E-state index contributed by atoms with van der Waals surface area (Å²) in [5, 5.41) is 3.01. The molecule has 0 aliphatic heterocycles. The molecule has 8 heteroatoms. The fourth-order valence-electron chi connectivity index (χ4n) is 4.56. The summed E-state index contributed by atoms with van der Waals surface area (Å²) in [5.41, 5.74) is 3.08. The molecule has 0 aliphatic carbocycles. The molecule has 3 aromatic rings. The Labute approximate surface area is 239 Å². The zero-order valence-corrected chi connectivity index (χ0v) is 24.9. The lowest BCUT2D eigenvalue weighted by molar-refractivity contribution is -0.139. The molecule has 3 rings (SSSR count). The van der Waals surface area contributed by atoms with Crippen molar-refractivity contribution in [2.24, 2.45) is 0 Å². The van der Waals surface area contributed by atoms with E-state index in [1.165, 1.54) is 16.4 Å². The lowest BCUT2D eigenvalue weighted by Gasteiger charge is -2.34. The quantitative estimate of drug-likeness (QED) is 0.307. The van der Waals surface area contributed by atoms with Gasteiger partial charge in [0.15, 0.2) is 0 Å². The Morgan fingerprint density at radius 2 is 1.50 bits per heavy atom. The Balaban J connectivity index is 2.04. The van der Waals surface area contributed by atoms with Crippen LogP contribution in [0.4, 0.5) is 5.69 Å². The largest absolute Gasteiger partial charge is 0.352 e. The van der Waals surface area contributed by atoms with E-state index in [1.807, 2.05) is 77.1 Å². The summed E-state index contributed by atoms with van der Waals surface area (Å²) in [5.74, 6) is -0.662. The van der Waals surface area contributed by atoms with Gasteiger partial charge in [0.25, 0.3) is 10.0 Å². The van der Waals surface area contributed by atoms with Gasteiger partial charge in [-0.05, 0) is 74.9 Å². The van der Waals surface area contributed by atoms with Crippen LogP contribution in [0.1, 0.15) is 50.3 Å². The summed E-state index contributed by atoms with van der Waals surface area (Å²) in [6.07, 6.45) is 1.70. The van der Waals surface area contributed by atoms with Crippen molar-refractivity contribution in [2.75, 3.05) is 17.4 Å². The lowest BCUT2D eigenvalue weighted by atomic mass is 10.1. The van der Waals surface area contributed by atoms with E-state index in [-0.39, 0.29) is 23.4 Å². The van der Waals surface area contributed by atoms with Crippen LogP contribution in [0.5, 0.6) is 0 Å². The number of benzene rings is 3. The molecular weight excluding hydrogens is 522 g/mol. The van der Waals surface area contributed by atoms with Crippen molar-refractivity contribution < 1.29 is 18.0 Å². The van der Waals surface area contributed by atoms with Crippen molar-refractivity contribution in [1.29, 1.82) is 0 Å². The van der Waals surface area contributed by atoms with Gasteiger partial charge in [-0.2, -0.15) is 0 Å². The molecule has 0 bridgehead atoms. The standard InChI is InChI=1S/C32H41N3O4S/c1-6-26(5)33-32(37)29(7-2)34(21-20-27-14-10-8-11-15-27)31(36)23-35(30-22-24(3)18-19-25(30)4)40(38,39)28-16-12-9-13-17-28/h8-19,22,26,29H,6-7,20-21,23H2,1-5H3,(H,33,37)/t26-,29-/m1/s1. The summed E-state index contributed by atoms with van der Waals surface area (Å²) >= 11 is 0. The highest BCUT2D eigenvalue weighted by Crippen LogP contribution is 2.28. The number of anilines is 1. The predicted molar refractivity (Wildman–Crippen MR) is 161 cm³/mol. The topological polar surface area (TPSA) is 86.8 Å². The third-order valence-electron chi connectivity index (χ3n) is 7.11. The van der Waals surface area contributed by atoms with Crippen LogP contribution in [0.15, 0.2) is 83.8 Å². The van der Waals surface area contributed by atoms with Crippen molar-refractivity contribution in [3.05, 3.63) is 95.6 Å². The minimum atomic E-state index is -4.08. The van der Waals surface area contributed by atoms with E-state index >= 15 is 0 Å². The molecule has 1 N–H and O–H groups in total. The minimum Gasteiger partial charge on any atom is -0.352 e. The molecule has 0 radical (unpaired) electrons. The fourth-order valence-corrected chi connectivity index (χ4v) is 6.05. The zero-order valence-electron chi connectivity index (χ0n) is 24.1. The van der Waals surface area contributed by atoms with Gasteiger partial charge in [0.1, 0.15) is 12.6 Å². The monoisotopic (exact) mass is 563 g/mol. The van der Waals surface area contributed by atoms with E-state index in [4.69, 9.17) is 0 Å². The maximum Gasteiger partial charge on any atom is 0.264 e. The van der Waals surface area contributed by atoms with Crippen molar-refractivity contribution in [2.45, 2.75) is 70.9 Å². The molecule has 3 aromatic carbocycles. The first-order chi connectivity index (χ1) is 19.1. The van der Waals surface area contributed by atoms with Gasteiger partial charge in [0.05, 0.1) is 10.6 Å². The summed E-state index contributed by atoms with van der Waals surface area (Å²) in [7, 11) is -4.08.